The first-order valence-electron chi connectivity index (χ1n) is 7.78. The third kappa shape index (κ3) is 5.49. The second-order valence-electron chi connectivity index (χ2n) is 5.62. The summed E-state index contributed by atoms with van der Waals surface area (Å²) < 4.78 is 18.2. The maximum absolute atomic E-state index is 13.1. The Morgan fingerprint density at radius 2 is 1.82 bits per heavy atom. The fraction of sp³-hybridized carbons (Fsp3) is 0.368. The Balaban J connectivity index is 1.68. The van der Waals surface area contributed by atoms with Crippen LogP contribution in [0.1, 0.15) is 24.5 Å². The molecule has 22 heavy (non-hydrogen) atoms. The zero-order valence-corrected chi connectivity index (χ0v) is 13.3. The Labute approximate surface area is 132 Å². The Bertz CT molecular complexity index is 568. The summed E-state index contributed by atoms with van der Waals surface area (Å²) in [5.41, 5.74) is 2.36. The number of hydrogen-bond donors (Lipinski definition) is 1. The van der Waals surface area contributed by atoms with Gasteiger partial charge in [0.05, 0.1) is 7.11 Å². The highest BCUT2D eigenvalue weighted by Gasteiger charge is 2.03. The van der Waals surface area contributed by atoms with Crippen LogP contribution in [0.5, 0.6) is 5.75 Å². The van der Waals surface area contributed by atoms with Gasteiger partial charge in [0.25, 0.3) is 0 Å². The number of halogens is 1. The minimum Gasteiger partial charge on any atom is -0.497 e. The van der Waals surface area contributed by atoms with Gasteiger partial charge in [0.1, 0.15) is 11.6 Å². The third-order valence-electron chi connectivity index (χ3n) is 3.82. The van der Waals surface area contributed by atoms with Crippen LogP contribution in [0.15, 0.2) is 48.5 Å². The van der Waals surface area contributed by atoms with Gasteiger partial charge in [-0.2, -0.15) is 0 Å². The van der Waals surface area contributed by atoms with E-state index in [1.54, 1.807) is 19.2 Å². The van der Waals surface area contributed by atoms with Crippen LogP contribution in [-0.4, -0.2) is 19.7 Å². The molecule has 0 radical (unpaired) electrons. The average Bonchev–Trinajstić information content (AvgIpc) is 2.53. The fourth-order valence-electron chi connectivity index (χ4n) is 2.43. The molecule has 2 rings (SSSR count). The molecule has 0 heterocycles. The van der Waals surface area contributed by atoms with Gasteiger partial charge >= 0.3 is 0 Å². The first-order valence-corrected chi connectivity index (χ1v) is 7.78. The highest BCUT2D eigenvalue weighted by Crippen LogP contribution is 2.13. The summed E-state index contributed by atoms with van der Waals surface area (Å²) in [7, 11) is 1.68. The van der Waals surface area contributed by atoms with Gasteiger partial charge in [-0.25, -0.2) is 4.39 Å². The number of nitrogens with one attached hydrogen (secondary N) is 1. The lowest BCUT2D eigenvalue weighted by Gasteiger charge is -2.14. The van der Waals surface area contributed by atoms with Gasteiger partial charge in [-0.1, -0.05) is 24.3 Å². The lowest BCUT2D eigenvalue weighted by Crippen LogP contribution is -2.28. The Morgan fingerprint density at radius 3 is 2.50 bits per heavy atom. The van der Waals surface area contributed by atoms with Gasteiger partial charge in [0, 0.05) is 6.04 Å². The van der Waals surface area contributed by atoms with Crippen molar-refractivity contribution < 1.29 is 9.13 Å². The highest BCUT2D eigenvalue weighted by molar-refractivity contribution is 5.27. The van der Waals surface area contributed by atoms with E-state index in [2.05, 4.69) is 24.4 Å². The van der Waals surface area contributed by atoms with Crippen molar-refractivity contribution in [2.45, 2.75) is 32.2 Å². The first-order chi connectivity index (χ1) is 10.7. The fourth-order valence-corrected chi connectivity index (χ4v) is 2.43. The van der Waals surface area contributed by atoms with Gasteiger partial charge in [-0.05, 0) is 68.1 Å². The second-order valence-corrected chi connectivity index (χ2v) is 5.62. The summed E-state index contributed by atoms with van der Waals surface area (Å²) >= 11 is 0. The van der Waals surface area contributed by atoms with Gasteiger partial charge in [0.15, 0.2) is 0 Å². The van der Waals surface area contributed by atoms with Crippen LogP contribution in [0.4, 0.5) is 4.39 Å². The van der Waals surface area contributed by atoms with Crippen molar-refractivity contribution in [3.05, 3.63) is 65.5 Å². The topological polar surface area (TPSA) is 21.3 Å². The molecule has 0 unspecified atom stereocenters. The SMILES string of the molecule is COc1ccc(CC[C@@H](C)NCCc2cccc(F)c2)cc1. The number of aryl methyl sites for hydroxylation is 1. The quantitative estimate of drug-likeness (QED) is 0.796. The molecule has 0 spiro atoms. The molecule has 118 valence electrons. The Morgan fingerprint density at radius 1 is 1.05 bits per heavy atom. The maximum atomic E-state index is 13.1. The van der Waals surface area contributed by atoms with Crippen molar-refractivity contribution >= 4 is 0 Å². The molecule has 0 aliphatic carbocycles. The summed E-state index contributed by atoms with van der Waals surface area (Å²) in [5, 5.41) is 3.50. The van der Waals surface area contributed by atoms with Gasteiger partial charge < -0.3 is 10.1 Å². The minimum absolute atomic E-state index is 0.162. The second kappa shape index (κ2) is 8.54. The Kier molecular flexibility index (Phi) is 6.41. The molecule has 1 N–H and O–H groups in total. The van der Waals surface area contributed by atoms with Crippen LogP contribution >= 0.6 is 0 Å². The number of rotatable bonds is 8. The number of benzene rings is 2. The molecule has 2 aromatic rings. The molecular weight excluding hydrogens is 277 g/mol. The van der Waals surface area contributed by atoms with E-state index in [9.17, 15) is 4.39 Å². The van der Waals surface area contributed by atoms with Gasteiger partial charge in [-0.15, -0.1) is 0 Å². The molecular formula is C19H24FNO. The van der Waals surface area contributed by atoms with Crippen molar-refractivity contribution in [1.29, 1.82) is 0 Å². The van der Waals surface area contributed by atoms with Crippen molar-refractivity contribution in [1.82, 2.24) is 5.32 Å². The molecule has 0 aliphatic heterocycles. The van der Waals surface area contributed by atoms with Crippen LogP contribution < -0.4 is 10.1 Å². The molecule has 3 heteroatoms. The average molecular weight is 301 g/mol. The standard InChI is InChI=1S/C19H24FNO/c1-15(6-7-16-8-10-19(22-2)11-9-16)21-13-12-17-4-3-5-18(20)14-17/h3-5,8-11,14-15,21H,6-7,12-13H2,1-2H3/t15-/m1/s1. The molecule has 0 saturated heterocycles. The van der Waals surface area contributed by atoms with E-state index in [1.165, 1.54) is 11.6 Å². The van der Waals surface area contributed by atoms with Crippen molar-refractivity contribution in [2.24, 2.45) is 0 Å². The van der Waals surface area contributed by atoms with E-state index in [0.29, 0.717) is 6.04 Å². The molecule has 0 bridgehead atoms. The molecule has 0 aliphatic rings. The van der Waals surface area contributed by atoms with Crippen molar-refractivity contribution in [3.8, 4) is 5.75 Å². The molecule has 0 saturated carbocycles. The third-order valence-corrected chi connectivity index (χ3v) is 3.82. The van der Waals surface area contributed by atoms with E-state index < -0.39 is 0 Å². The van der Waals surface area contributed by atoms with Gasteiger partial charge in [-0.3, -0.25) is 0 Å². The minimum atomic E-state index is -0.162. The van der Waals surface area contributed by atoms with Crippen LogP contribution in [-0.2, 0) is 12.8 Å². The first kappa shape index (κ1) is 16.5. The zero-order valence-electron chi connectivity index (χ0n) is 13.3. The largest absolute Gasteiger partial charge is 0.497 e. The molecule has 0 fully saturated rings. The summed E-state index contributed by atoms with van der Waals surface area (Å²) in [5.74, 6) is 0.732. The normalized spacial score (nSPS) is 12.1. The maximum Gasteiger partial charge on any atom is 0.123 e. The van der Waals surface area contributed by atoms with E-state index in [1.807, 2.05) is 18.2 Å². The molecule has 2 aromatic carbocycles. The van der Waals surface area contributed by atoms with Gasteiger partial charge in [0.2, 0.25) is 0 Å². The predicted molar refractivity (Wildman–Crippen MR) is 88.9 cm³/mol. The van der Waals surface area contributed by atoms with Crippen LogP contribution in [0.2, 0.25) is 0 Å². The lowest BCUT2D eigenvalue weighted by molar-refractivity contribution is 0.414. The number of ether oxygens (including phenoxy) is 1. The predicted octanol–water partition coefficient (Wildman–Crippen LogP) is 3.99. The van der Waals surface area contributed by atoms with Crippen LogP contribution in [0.25, 0.3) is 0 Å². The molecule has 0 aromatic heterocycles. The summed E-state index contributed by atoms with van der Waals surface area (Å²) in [4.78, 5) is 0. The highest BCUT2D eigenvalue weighted by atomic mass is 19.1. The Hall–Kier alpha value is -1.87. The van der Waals surface area contributed by atoms with Crippen molar-refractivity contribution in [3.63, 3.8) is 0 Å². The summed E-state index contributed by atoms with van der Waals surface area (Å²) in [6, 6.07) is 15.5. The smallest absolute Gasteiger partial charge is 0.123 e. The summed E-state index contributed by atoms with van der Waals surface area (Å²) in [6.45, 7) is 3.06. The van der Waals surface area contributed by atoms with Crippen LogP contribution in [0.3, 0.4) is 0 Å². The van der Waals surface area contributed by atoms with Crippen molar-refractivity contribution in [2.75, 3.05) is 13.7 Å². The van der Waals surface area contributed by atoms with E-state index in [0.717, 1.165) is 37.1 Å². The summed E-state index contributed by atoms with van der Waals surface area (Å²) in [6.07, 6.45) is 2.97. The van der Waals surface area contributed by atoms with E-state index in [4.69, 9.17) is 4.74 Å². The lowest BCUT2D eigenvalue weighted by atomic mass is 10.1. The van der Waals surface area contributed by atoms with Crippen LogP contribution in [0, 0.1) is 5.82 Å². The van der Waals surface area contributed by atoms with E-state index >= 15 is 0 Å². The molecule has 1 atom stereocenters. The van der Waals surface area contributed by atoms with E-state index in [-0.39, 0.29) is 5.82 Å². The molecule has 2 nitrogen and oxygen atoms in total. The zero-order chi connectivity index (χ0) is 15.8. The number of methoxy groups -OCH3 is 1. The number of hydrogen-bond acceptors (Lipinski definition) is 2. The monoisotopic (exact) mass is 301 g/mol. The molecule has 0 amide bonds.